The van der Waals surface area contributed by atoms with Crippen molar-refractivity contribution in [1.29, 1.82) is 0 Å². The number of hydrogen-bond donors (Lipinski definition) is 0. The molecule has 0 rings (SSSR count). The Hall–Kier alpha value is 16.0. The van der Waals surface area contributed by atoms with Gasteiger partial charge in [-0.15, -0.1) is 0 Å². The molecule has 57 heavy (non-hydrogen) atoms. The maximum Gasteiger partial charge on any atom is 0 e. The van der Waals surface area contributed by atoms with Gasteiger partial charge in [0.05, 0.1) is 0 Å². The summed E-state index contributed by atoms with van der Waals surface area (Å²) in [6.45, 7) is 0. The van der Waals surface area contributed by atoms with Gasteiger partial charge in [-0.05, 0) is 0 Å². The first-order valence-electron chi connectivity index (χ1n) is 0. The topological polar surface area (TPSA) is 1230 Å². The molecule has 0 aliphatic rings. The molecular weight excluding hydrogens is 2910 g/mol. The minimum Gasteiger partial charge on any atom is -0.412 e. The number of rotatable bonds is 0. The van der Waals surface area contributed by atoms with E-state index in [-0.39, 0.29) is 765 Å². The van der Waals surface area contributed by atoms with Crippen LogP contribution in [0.4, 0.5) is 0 Å². The van der Waals surface area contributed by atoms with E-state index in [0.717, 1.165) is 0 Å². The maximum absolute atomic E-state index is 0. The van der Waals surface area contributed by atoms with Crippen molar-refractivity contribution < 1.29 is 445 Å². The van der Waals surface area contributed by atoms with Gasteiger partial charge in [0.1, 0.15) is 0 Å². The third-order valence-electron chi connectivity index (χ3n) is 0. The Bertz CT molecular complexity index is 72.8. The second kappa shape index (κ2) is 1410. The van der Waals surface area contributed by atoms with Crippen molar-refractivity contribution in [3.8, 4) is 0 Å². The molecule has 0 aromatic carbocycles. The third kappa shape index (κ3) is 1370. The first kappa shape index (κ1) is 1470. The molecule has 0 aliphatic heterocycles. The van der Waals surface area contributed by atoms with Crippen molar-refractivity contribution in [1.82, 2.24) is 0 Å². The SMILES string of the molecule is O.O.O.O.O.O.O.O.O.O.O.O.O.O.O.O.O.O.O.O.O.O.O.O.O.O.O.O.O.O.O.O.O.O.O.O.O.O.O.[K].[K].[K].[K].[K].[K].[Si].[W].[W].[W].[W].[W].[W].[W].[W].[W].[W].[W]. The van der Waals surface area contributed by atoms with Crippen molar-refractivity contribution in [2.75, 3.05) is 0 Å². The molecule has 78 N–H and O–H groups in total. The first-order chi connectivity index (χ1) is 0. The molecule has 0 saturated heterocycles. The monoisotopic (exact) mass is 2990 g/mol. The molecule has 0 fully saturated rings. The van der Waals surface area contributed by atoms with Gasteiger partial charge in [-0.3, -0.25) is 0 Å². The Morgan fingerprint density at radius 1 is 0.0702 bits per heavy atom. The molecule has 388 valence electrons. The fourth-order valence-corrected chi connectivity index (χ4v) is 0. The molecule has 0 amide bonds. The van der Waals surface area contributed by atoms with E-state index < -0.39 is 0 Å². The van der Waals surface area contributed by atoms with Crippen LogP contribution in [-0.4, -0.2) is 533 Å². The van der Waals surface area contributed by atoms with Gasteiger partial charge in [-0.25, -0.2) is 0 Å². The summed E-state index contributed by atoms with van der Waals surface area (Å²) in [6, 6.07) is 0. The van der Waals surface area contributed by atoms with Crippen LogP contribution in [0.3, 0.4) is 0 Å². The standard InChI is InChI=1S/6K.39H2O.Si.11W/h;;;;;;39*1H2;;;;;;;;;;;;. The minimum atomic E-state index is 0. The molecule has 39 nitrogen and oxygen atoms in total. The summed E-state index contributed by atoms with van der Waals surface area (Å²) in [7, 11) is 0. The predicted molar refractivity (Wildman–Crippen MR) is 181 cm³/mol. The Balaban J connectivity index is 0. The molecule has 0 aromatic heterocycles. The third-order valence-corrected chi connectivity index (χ3v) is 0. The molecule has 57 heteroatoms. The van der Waals surface area contributed by atoms with E-state index in [9.17, 15) is 0 Å². The van der Waals surface area contributed by atoms with Crippen molar-refractivity contribution in [2.45, 2.75) is 0 Å². The van der Waals surface area contributed by atoms with Crippen molar-refractivity contribution in [3.63, 3.8) is 0 Å². The zero-order valence-electron chi connectivity index (χ0n) is 30.5. The molecule has 0 saturated carbocycles. The van der Waals surface area contributed by atoms with Crippen LogP contribution in [-0.2, 0) is 232 Å². The van der Waals surface area contributed by atoms with Crippen molar-refractivity contribution >= 4 is 319 Å². The fourth-order valence-electron chi connectivity index (χ4n) is 0. The van der Waals surface area contributed by atoms with Crippen LogP contribution >= 0.6 is 0 Å². The second-order valence-electron chi connectivity index (χ2n) is 0. The molecule has 0 atom stereocenters. The summed E-state index contributed by atoms with van der Waals surface area (Å²) in [5.74, 6) is 0. The minimum absolute atomic E-state index is 0. The molecule has 0 heterocycles. The van der Waals surface area contributed by atoms with Crippen LogP contribution in [0, 0.1) is 0 Å². The van der Waals surface area contributed by atoms with Gasteiger partial charge in [0.15, 0.2) is 0 Å². The van der Waals surface area contributed by atoms with Crippen LogP contribution in [0.5, 0.6) is 0 Å². The average Bonchev–Trinajstić information content (AvgIpc) is 0. The summed E-state index contributed by atoms with van der Waals surface area (Å²) in [5.41, 5.74) is 0. The van der Waals surface area contributed by atoms with Crippen LogP contribution in [0.1, 0.15) is 0 Å². The summed E-state index contributed by atoms with van der Waals surface area (Å²) in [5, 5.41) is 0. The molecular formula is H78K6O39SiW11. The van der Waals surface area contributed by atoms with Crippen LogP contribution in [0.15, 0.2) is 0 Å². The predicted octanol–water partition coefficient (Wildman–Crippen LogP) is -34.9. The van der Waals surface area contributed by atoms with Gasteiger partial charge in [-0.2, -0.15) is 0 Å². The van der Waals surface area contributed by atoms with Gasteiger partial charge in [0.2, 0.25) is 0 Å². The van der Waals surface area contributed by atoms with Crippen molar-refractivity contribution in [2.24, 2.45) is 0 Å². The van der Waals surface area contributed by atoms with Gasteiger partial charge in [0.25, 0.3) is 0 Å². The summed E-state index contributed by atoms with van der Waals surface area (Å²) < 4.78 is 0. The second-order valence-corrected chi connectivity index (χ2v) is 0. The maximum atomic E-state index is 0. The summed E-state index contributed by atoms with van der Waals surface area (Å²) in [6.07, 6.45) is 0. The summed E-state index contributed by atoms with van der Waals surface area (Å²) >= 11 is 0. The van der Waals surface area contributed by atoms with Gasteiger partial charge < -0.3 is 214 Å². The summed E-state index contributed by atoms with van der Waals surface area (Å²) in [4.78, 5) is 0. The Kier molecular flexibility index (Phi) is 36500. The quantitative estimate of drug-likeness (QED) is 0.204. The van der Waals surface area contributed by atoms with E-state index in [1.807, 2.05) is 0 Å². The Labute approximate surface area is 744 Å². The van der Waals surface area contributed by atoms with E-state index >= 15 is 0 Å². The smallest absolute Gasteiger partial charge is 0 e. The Morgan fingerprint density at radius 3 is 0.0702 bits per heavy atom. The van der Waals surface area contributed by atoms with E-state index in [1.54, 1.807) is 0 Å². The number of hydrogen-bond acceptors (Lipinski definition) is 0. The first-order valence-corrected chi connectivity index (χ1v) is 0. The van der Waals surface area contributed by atoms with E-state index in [0.29, 0.717) is 0 Å². The largest absolute Gasteiger partial charge is 0.412 e. The molecule has 0 bridgehead atoms. The molecule has 0 aliphatic carbocycles. The fraction of sp³-hybridized carbons (Fsp3) is 0. The van der Waals surface area contributed by atoms with Gasteiger partial charge in [0, 0.05) is 551 Å². The average molecular weight is 2990 g/mol. The van der Waals surface area contributed by atoms with Crippen LogP contribution in [0.25, 0.3) is 0 Å². The van der Waals surface area contributed by atoms with E-state index in [4.69, 9.17) is 0 Å². The van der Waals surface area contributed by atoms with Gasteiger partial charge >= 0.3 is 0 Å². The molecule has 10 radical (unpaired) electrons. The van der Waals surface area contributed by atoms with Crippen LogP contribution < -0.4 is 0 Å². The zero-order valence-corrected chi connectivity index (χ0v) is 82.5. The van der Waals surface area contributed by atoms with Crippen LogP contribution in [0.2, 0.25) is 0 Å². The van der Waals surface area contributed by atoms with Crippen molar-refractivity contribution in [3.05, 3.63) is 0 Å². The molecule has 0 spiro atoms. The normalized spacial score (nSPS) is 0. The zero-order chi connectivity index (χ0) is 0. The van der Waals surface area contributed by atoms with E-state index in [1.165, 1.54) is 0 Å². The van der Waals surface area contributed by atoms with Gasteiger partial charge in [-0.1, -0.05) is 0 Å². The Morgan fingerprint density at radius 2 is 0.0702 bits per heavy atom. The molecule has 0 aromatic rings. The van der Waals surface area contributed by atoms with E-state index in [2.05, 4.69) is 0 Å². The molecule has 0 unspecified atom stereocenters.